The number of carbonyl (C=O) groups is 1. The van der Waals surface area contributed by atoms with Crippen LogP contribution in [0.5, 0.6) is 0 Å². The highest BCUT2D eigenvalue weighted by atomic mass is 32.2. The number of carboxylic acids is 1. The predicted molar refractivity (Wildman–Crippen MR) is 78.3 cm³/mol. The zero-order chi connectivity index (χ0) is 14.8. The van der Waals surface area contributed by atoms with E-state index >= 15 is 0 Å². The van der Waals surface area contributed by atoms with Crippen LogP contribution in [0.4, 0.5) is 0 Å². The first kappa shape index (κ1) is 15.2. The van der Waals surface area contributed by atoms with Crippen LogP contribution in [-0.4, -0.2) is 49.0 Å². The minimum absolute atomic E-state index is 0.270. The van der Waals surface area contributed by atoms with E-state index in [0.29, 0.717) is 19.6 Å². The molecule has 1 saturated heterocycles. The fourth-order valence-electron chi connectivity index (χ4n) is 2.13. The number of hydrogen-bond acceptors (Lipinski definition) is 3. The summed E-state index contributed by atoms with van der Waals surface area (Å²) in [7, 11) is -1.18. The summed E-state index contributed by atoms with van der Waals surface area (Å²) in [4.78, 5) is 13.0. The monoisotopic (exact) mass is 296 g/mol. The maximum absolute atomic E-state index is 12.3. The van der Waals surface area contributed by atoms with Gasteiger partial charge in [0.05, 0.1) is 5.88 Å². The predicted octanol–water partition coefficient (Wildman–Crippen LogP) is 1.29. The minimum Gasteiger partial charge on any atom is -0.480 e. The van der Waals surface area contributed by atoms with Crippen LogP contribution in [0.25, 0.3) is 0 Å². The van der Waals surface area contributed by atoms with Crippen molar-refractivity contribution < 1.29 is 14.1 Å². The molecule has 5 nitrogen and oxygen atoms in total. The Morgan fingerprint density at radius 2 is 1.95 bits per heavy atom. The van der Waals surface area contributed by atoms with Crippen molar-refractivity contribution in [3.05, 3.63) is 35.9 Å². The maximum atomic E-state index is 12.3. The maximum Gasteiger partial charge on any atom is 0.323 e. The number of aliphatic carboxylic acids is 1. The number of hydrogen-bond donors (Lipinski definition) is 1. The summed E-state index contributed by atoms with van der Waals surface area (Å²) in [5.41, 5.74) is 0.140. The Morgan fingerprint density at radius 1 is 1.30 bits per heavy atom. The number of carboxylic acid groups (broad SMARTS) is 1. The third-order valence-electron chi connectivity index (χ3n) is 3.69. The first-order valence-electron chi connectivity index (χ1n) is 6.57. The molecule has 1 fully saturated rings. The van der Waals surface area contributed by atoms with Crippen molar-refractivity contribution >= 4 is 17.0 Å². The fourth-order valence-corrected chi connectivity index (χ4v) is 3.59. The summed E-state index contributed by atoms with van der Waals surface area (Å²) in [6.07, 6.45) is 0. The molecular weight excluding hydrogens is 276 g/mol. The van der Waals surface area contributed by atoms with Gasteiger partial charge in [0, 0.05) is 19.6 Å². The van der Waals surface area contributed by atoms with E-state index in [1.54, 1.807) is 18.7 Å². The van der Waals surface area contributed by atoms with E-state index in [9.17, 15) is 14.1 Å². The molecule has 1 unspecified atom stereocenters. The van der Waals surface area contributed by atoms with Crippen LogP contribution in [0, 0.1) is 0 Å². The summed E-state index contributed by atoms with van der Waals surface area (Å²) in [6.45, 7) is 5.16. The number of benzene rings is 1. The molecule has 6 heteroatoms. The number of rotatable bonds is 4. The van der Waals surface area contributed by atoms with Crippen LogP contribution < -0.4 is 0 Å². The second kappa shape index (κ2) is 6.03. The Bertz CT molecular complexity index is 504. The molecule has 1 heterocycles. The van der Waals surface area contributed by atoms with Gasteiger partial charge in [0.1, 0.15) is 16.5 Å². The smallest absolute Gasteiger partial charge is 0.323 e. The molecule has 1 aliphatic heterocycles. The van der Waals surface area contributed by atoms with E-state index in [2.05, 4.69) is 0 Å². The van der Waals surface area contributed by atoms with Gasteiger partial charge in [-0.25, -0.2) is 8.51 Å². The molecule has 1 N–H and O–H groups in total. The van der Waals surface area contributed by atoms with Crippen LogP contribution in [0.3, 0.4) is 0 Å². The molecule has 2 rings (SSSR count). The summed E-state index contributed by atoms with van der Waals surface area (Å²) < 4.78 is 14.2. The Labute approximate surface area is 121 Å². The Kier molecular flexibility index (Phi) is 4.57. The normalized spacial score (nSPS) is 21.8. The zero-order valence-corrected chi connectivity index (χ0v) is 12.6. The van der Waals surface area contributed by atoms with Gasteiger partial charge in [-0.15, -0.1) is 0 Å². The van der Waals surface area contributed by atoms with Crippen molar-refractivity contribution in [2.24, 2.45) is 0 Å². The van der Waals surface area contributed by atoms with Gasteiger partial charge in [-0.3, -0.25) is 9.69 Å². The summed E-state index contributed by atoms with van der Waals surface area (Å²) in [5.74, 6) is -0.613. The van der Waals surface area contributed by atoms with Crippen LogP contribution >= 0.6 is 0 Å². The lowest BCUT2D eigenvalue weighted by Gasteiger charge is -2.40. The Hall–Kier alpha value is -1.24. The SMILES string of the molecule is CC(C)(C(=O)O)N1CCN(Cc2ccccc2)S(=O)C1. The Balaban J connectivity index is 2.00. The molecule has 20 heavy (non-hydrogen) atoms. The molecule has 0 spiro atoms. The highest BCUT2D eigenvalue weighted by Crippen LogP contribution is 2.20. The minimum atomic E-state index is -1.18. The van der Waals surface area contributed by atoms with Crippen LogP contribution in [0.1, 0.15) is 19.4 Å². The van der Waals surface area contributed by atoms with E-state index in [-0.39, 0.29) is 5.88 Å². The highest BCUT2D eigenvalue weighted by molar-refractivity contribution is 7.82. The van der Waals surface area contributed by atoms with Gasteiger partial charge in [0.2, 0.25) is 0 Å². The van der Waals surface area contributed by atoms with Gasteiger partial charge in [-0.2, -0.15) is 0 Å². The van der Waals surface area contributed by atoms with Crippen LogP contribution in [-0.2, 0) is 22.3 Å². The van der Waals surface area contributed by atoms with E-state index in [1.807, 2.05) is 34.6 Å². The molecule has 0 aromatic heterocycles. The summed E-state index contributed by atoms with van der Waals surface area (Å²) in [6, 6.07) is 9.88. The lowest BCUT2D eigenvalue weighted by molar-refractivity contribution is -0.149. The van der Waals surface area contributed by atoms with Gasteiger partial charge in [-0.05, 0) is 19.4 Å². The topological polar surface area (TPSA) is 60.9 Å². The second-order valence-electron chi connectivity index (χ2n) is 5.43. The lowest BCUT2D eigenvalue weighted by atomic mass is 10.0. The van der Waals surface area contributed by atoms with Crippen molar-refractivity contribution in [1.82, 2.24) is 9.21 Å². The third-order valence-corrected chi connectivity index (χ3v) is 5.11. The molecule has 0 amide bonds. The largest absolute Gasteiger partial charge is 0.480 e. The van der Waals surface area contributed by atoms with E-state index < -0.39 is 22.5 Å². The number of nitrogens with zero attached hydrogens (tertiary/aromatic N) is 2. The van der Waals surface area contributed by atoms with Crippen molar-refractivity contribution in [1.29, 1.82) is 0 Å². The zero-order valence-electron chi connectivity index (χ0n) is 11.8. The van der Waals surface area contributed by atoms with Crippen molar-refractivity contribution in [2.45, 2.75) is 25.9 Å². The fraction of sp³-hybridized carbons (Fsp3) is 0.500. The quantitative estimate of drug-likeness (QED) is 0.909. The van der Waals surface area contributed by atoms with E-state index in [4.69, 9.17) is 0 Å². The highest BCUT2D eigenvalue weighted by Gasteiger charge is 2.38. The molecule has 0 bridgehead atoms. The first-order chi connectivity index (χ1) is 9.41. The van der Waals surface area contributed by atoms with E-state index in [1.165, 1.54) is 0 Å². The third kappa shape index (κ3) is 3.26. The van der Waals surface area contributed by atoms with Gasteiger partial charge < -0.3 is 5.11 Å². The molecule has 0 saturated carbocycles. The summed E-state index contributed by atoms with van der Waals surface area (Å²) >= 11 is 0. The van der Waals surface area contributed by atoms with Crippen LogP contribution in [0.2, 0.25) is 0 Å². The first-order valence-corrected chi connectivity index (χ1v) is 7.84. The van der Waals surface area contributed by atoms with E-state index in [0.717, 1.165) is 5.56 Å². The van der Waals surface area contributed by atoms with Gasteiger partial charge in [0.25, 0.3) is 0 Å². The molecule has 1 atom stereocenters. The molecule has 1 aromatic rings. The standard InChI is InChI=1S/C14H20N2O3S/c1-14(2,13(17)18)15-8-9-16(20(19)11-15)10-12-6-4-3-5-7-12/h3-7H,8-11H2,1-2H3,(H,17,18). The summed E-state index contributed by atoms with van der Waals surface area (Å²) in [5, 5.41) is 9.23. The Morgan fingerprint density at radius 3 is 2.50 bits per heavy atom. The molecular formula is C14H20N2O3S. The molecule has 110 valence electrons. The van der Waals surface area contributed by atoms with Crippen LogP contribution in [0.15, 0.2) is 30.3 Å². The molecule has 0 aliphatic carbocycles. The van der Waals surface area contributed by atoms with Gasteiger partial charge >= 0.3 is 5.97 Å². The van der Waals surface area contributed by atoms with Crippen molar-refractivity contribution in [3.63, 3.8) is 0 Å². The molecule has 1 aliphatic rings. The van der Waals surface area contributed by atoms with Gasteiger partial charge in [-0.1, -0.05) is 30.3 Å². The lowest BCUT2D eigenvalue weighted by Crippen LogP contribution is -2.57. The average Bonchev–Trinajstić information content (AvgIpc) is 2.42. The average molecular weight is 296 g/mol. The van der Waals surface area contributed by atoms with Crippen molar-refractivity contribution in [3.8, 4) is 0 Å². The second-order valence-corrected chi connectivity index (χ2v) is 6.84. The molecule has 1 aromatic carbocycles. The molecule has 0 radical (unpaired) electrons. The van der Waals surface area contributed by atoms with Crippen molar-refractivity contribution in [2.75, 3.05) is 19.0 Å². The van der Waals surface area contributed by atoms with Gasteiger partial charge in [0.15, 0.2) is 0 Å².